The second-order valence-electron chi connectivity index (χ2n) is 7.78. The fourth-order valence-electron chi connectivity index (χ4n) is 3.71. The smallest absolute Gasteiger partial charge is 0.277 e. The number of fused-ring (bicyclic) bond motifs is 1. The van der Waals surface area contributed by atoms with Gasteiger partial charge in [0.05, 0.1) is 16.3 Å². The number of amides is 1. The number of para-hydroxylation sites is 2. The van der Waals surface area contributed by atoms with Gasteiger partial charge >= 0.3 is 0 Å². The van der Waals surface area contributed by atoms with E-state index in [4.69, 9.17) is 27.9 Å². The Bertz CT molecular complexity index is 1320. The Morgan fingerprint density at radius 3 is 2.55 bits per heavy atom. The molecule has 0 fully saturated rings. The molecule has 5 nitrogen and oxygen atoms in total. The lowest BCUT2D eigenvalue weighted by molar-refractivity contribution is -0.123. The predicted molar refractivity (Wildman–Crippen MR) is 135 cm³/mol. The Balaban J connectivity index is 1.46. The third kappa shape index (κ3) is 5.38. The Hall–Kier alpha value is -3.28. The summed E-state index contributed by atoms with van der Waals surface area (Å²) in [6, 6.07) is 19.5. The zero-order valence-electron chi connectivity index (χ0n) is 18.3. The summed E-state index contributed by atoms with van der Waals surface area (Å²) < 4.78 is 7.79. The lowest BCUT2D eigenvalue weighted by Gasteiger charge is -2.10. The van der Waals surface area contributed by atoms with Crippen molar-refractivity contribution in [2.75, 3.05) is 6.61 Å². The molecule has 0 spiro atoms. The number of aromatic nitrogens is 1. The molecule has 1 heterocycles. The lowest BCUT2D eigenvalue weighted by Crippen LogP contribution is -2.25. The van der Waals surface area contributed by atoms with Crippen molar-refractivity contribution in [2.24, 2.45) is 5.10 Å². The van der Waals surface area contributed by atoms with Gasteiger partial charge in [-0.15, -0.1) is 0 Å². The van der Waals surface area contributed by atoms with Crippen LogP contribution in [0.4, 0.5) is 0 Å². The number of hydrazone groups is 1. The molecule has 4 rings (SSSR count). The van der Waals surface area contributed by atoms with Gasteiger partial charge in [0.15, 0.2) is 6.61 Å². The van der Waals surface area contributed by atoms with E-state index in [1.807, 2.05) is 74.6 Å². The Morgan fingerprint density at radius 1 is 1.03 bits per heavy atom. The van der Waals surface area contributed by atoms with Crippen molar-refractivity contribution >= 4 is 46.2 Å². The van der Waals surface area contributed by atoms with Gasteiger partial charge in [0.2, 0.25) is 0 Å². The van der Waals surface area contributed by atoms with Gasteiger partial charge in [-0.1, -0.05) is 65.7 Å². The number of benzene rings is 3. The highest BCUT2D eigenvalue weighted by Gasteiger charge is 2.09. The maximum Gasteiger partial charge on any atom is 0.277 e. The zero-order chi connectivity index (χ0) is 23.4. The number of nitrogens with zero attached hydrogens (tertiary/aromatic N) is 2. The van der Waals surface area contributed by atoms with Crippen LogP contribution in [0.5, 0.6) is 5.75 Å². The van der Waals surface area contributed by atoms with Crippen molar-refractivity contribution < 1.29 is 9.53 Å². The van der Waals surface area contributed by atoms with Crippen LogP contribution in [0.1, 0.15) is 22.3 Å². The molecule has 0 saturated heterocycles. The third-order valence-corrected chi connectivity index (χ3v) is 6.04. The van der Waals surface area contributed by atoms with Crippen molar-refractivity contribution in [3.8, 4) is 5.75 Å². The van der Waals surface area contributed by atoms with E-state index < -0.39 is 0 Å². The first-order valence-electron chi connectivity index (χ1n) is 10.4. The van der Waals surface area contributed by atoms with E-state index in [2.05, 4.69) is 15.1 Å². The number of hydrogen-bond acceptors (Lipinski definition) is 3. The van der Waals surface area contributed by atoms with Gasteiger partial charge in [0, 0.05) is 29.2 Å². The number of nitrogens with one attached hydrogen (secondary N) is 1. The Labute approximate surface area is 202 Å². The molecule has 0 radical (unpaired) electrons. The summed E-state index contributed by atoms with van der Waals surface area (Å²) in [5.41, 5.74) is 7.49. The van der Waals surface area contributed by atoms with Gasteiger partial charge in [0.1, 0.15) is 5.75 Å². The molecule has 0 unspecified atom stereocenters. The number of rotatable bonds is 7. The maximum atomic E-state index is 12.2. The van der Waals surface area contributed by atoms with E-state index >= 15 is 0 Å². The first-order chi connectivity index (χ1) is 15.9. The summed E-state index contributed by atoms with van der Waals surface area (Å²) in [7, 11) is 0. The molecular weight excluding hydrogens is 457 g/mol. The highest BCUT2D eigenvalue weighted by atomic mass is 35.5. The van der Waals surface area contributed by atoms with Crippen molar-refractivity contribution in [3.63, 3.8) is 0 Å². The van der Waals surface area contributed by atoms with E-state index in [1.165, 1.54) is 0 Å². The summed E-state index contributed by atoms with van der Waals surface area (Å²) >= 11 is 12.2. The van der Waals surface area contributed by atoms with E-state index in [0.717, 1.165) is 38.9 Å². The molecule has 0 atom stereocenters. The van der Waals surface area contributed by atoms with Crippen molar-refractivity contribution in [1.82, 2.24) is 9.99 Å². The fourth-order valence-corrected chi connectivity index (χ4v) is 4.03. The molecule has 0 aliphatic carbocycles. The highest BCUT2D eigenvalue weighted by molar-refractivity contribution is 6.42. The molecule has 7 heteroatoms. The largest absolute Gasteiger partial charge is 0.483 e. The van der Waals surface area contributed by atoms with E-state index in [-0.39, 0.29) is 12.5 Å². The van der Waals surface area contributed by atoms with E-state index in [1.54, 1.807) is 12.3 Å². The number of aryl methyl sites for hydroxylation is 2. The molecule has 0 saturated carbocycles. The molecule has 0 aliphatic rings. The number of ether oxygens (including phenoxy) is 1. The summed E-state index contributed by atoms with van der Waals surface area (Å²) in [6.45, 7) is 4.42. The van der Waals surface area contributed by atoms with Crippen molar-refractivity contribution in [2.45, 2.75) is 20.4 Å². The fraction of sp³-hybridized carbons (Fsp3) is 0.154. The molecule has 168 valence electrons. The second kappa shape index (κ2) is 10.1. The van der Waals surface area contributed by atoms with Gasteiger partial charge in [-0.2, -0.15) is 5.10 Å². The van der Waals surface area contributed by atoms with Gasteiger partial charge in [-0.25, -0.2) is 5.43 Å². The number of halogens is 2. The van der Waals surface area contributed by atoms with Crippen LogP contribution in [-0.4, -0.2) is 23.3 Å². The Morgan fingerprint density at radius 2 is 1.79 bits per heavy atom. The van der Waals surface area contributed by atoms with Gasteiger partial charge < -0.3 is 9.30 Å². The summed E-state index contributed by atoms with van der Waals surface area (Å²) in [5, 5.41) is 6.23. The summed E-state index contributed by atoms with van der Waals surface area (Å²) in [5.74, 6) is 0.399. The molecule has 1 amide bonds. The average molecular weight is 480 g/mol. The van der Waals surface area contributed by atoms with E-state index in [9.17, 15) is 4.79 Å². The van der Waals surface area contributed by atoms with Crippen LogP contribution < -0.4 is 10.2 Å². The first kappa shape index (κ1) is 22.9. The van der Waals surface area contributed by atoms with Crippen LogP contribution in [0, 0.1) is 13.8 Å². The minimum atomic E-state index is -0.326. The van der Waals surface area contributed by atoms with Crippen LogP contribution >= 0.6 is 23.2 Å². The van der Waals surface area contributed by atoms with Crippen molar-refractivity contribution in [3.05, 3.63) is 99.2 Å². The molecule has 3 aromatic carbocycles. The minimum absolute atomic E-state index is 0.109. The third-order valence-electron chi connectivity index (χ3n) is 5.31. The molecular formula is C26H23Cl2N3O2. The topological polar surface area (TPSA) is 55.6 Å². The molecule has 33 heavy (non-hydrogen) atoms. The van der Waals surface area contributed by atoms with Crippen LogP contribution in [0.2, 0.25) is 10.0 Å². The van der Waals surface area contributed by atoms with Gasteiger partial charge in [0.25, 0.3) is 5.91 Å². The molecule has 4 aromatic rings. The zero-order valence-corrected chi connectivity index (χ0v) is 19.8. The van der Waals surface area contributed by atoms with Crippen LogP contribution in [0.25, 0.3) is 10.9 Å². The van der Waals surface area contributed by atoms with E-state index in [0.29, 0.717) is 16.6 Å². The number of carbonyl (C=O) groups excluding carboxylic acids is 1. The van der Waals surface area contributed by atoms with Crippen LogP contribution in [-0.2, 0) is 11.3 Å². The lowest BCUT2D eigenvalue weighted by atomic mass is 10.1. The minimum Gasteiger partial charge on any atom is -0.483 e. The molecule has 0 bridgehead atoms. The first-order valence-corrected chi connectivity index (χ1v) is 11.2. The average Bonchev–Trinajstić information content (AvgIpc) is 3.13. The molecule has 1 aromatic heterocycles. The maximum absolute atomic E-state index is 12.2. The van der Waals surface area contributed by atoms with Gasteiger partial charge in [-0.3, -0.25) is 4.79 Å². The molecule has 1 N–H and O–H groups in total. The summed E-state index contributed by atoms with van der Waals surface area (Å²) in [6.07, 6.45) is 3.64. The van der Waals surface area contributed by atoms with Crippen molar-refractivity contribution in [1.29, 1.82) is 0 Å². The molecule has 0 aliphatic heterocycles. The Kier molecular flexibility index (Phi) is 7.02. The second-order valence-corrected chi connectivity index (χ2v) is 8.60. The summed E-state index contributed by atoms with van der Waals surface area (Å²) in [4.78, 5) is 12.2. The highest BCUT2D eigenvalue weighted by Crippen LogP contribution is 2.25. The normalized spacial score (nSPS) is 11.3. The predicted octanol–water partition coefficient (Wildman–Crippen LogP) is 6.14. The monoisotopic (exact) mass is 479 g/mol. The standard InChI is InChI=1S/C26H23Cl2N3O2/c1-17-6-5-7-18(2)26(17)33-16-25(32)30-29-13-20-15-31(24-9-4-3-8-21(20)24)14-19-10-11-22(27)23(28)12-19/h3-13,15H,14,16H2,1-2H3,(H,30,32)/b29-13-. The quantitative estimate of drug-likeness (QED) is 0.255. The SMILES string of the molecule is Cc1cccc(C)c1OCC(=O)N/N=C\c1cn(Cc2ccc(Cl)c(Cl)c2)c2ccccc12. The number of hydrogen-bond donors (Lipinski definition) is 1. The van der Waals surface area contributed by atoms with Crippen LogP contribution in [0.3, 0.4) is 0 Å². The van der Waals surface area contributed by atoms with Crippen LogP contribution in [0.15, 0.2) is 72.0 Å². The number of carbonyl (C=O) groups is 1. The van der Waals surface area contributed by atoms with Gasteiger partial charge in [-0.05, 0) is 48.7 Å².